The van der Waals surface area contributed by atoms with Gasteiger partial charge in [0, 0.05) is 5.56 Å². The maximum Gasteiger partial charge on any atom is 0.146 e. The van der Waals surface area contributed by atoms with Gasteiger partial charge < -0.3 is 10.5 Å². The van der Waals surface area contributed by atoms with Crippen LogP contribution in [0.15, 0.2) is 30.5 Å². The Morgan fingerprint density at radius 1 is 1.05 bits per heavy atom. The van der Waals surface area contributed by atoms with E-state index in [0.29, 0.717) is 22.6 Å². The number of aromatic nitrogens is 4. The molecule has 0 spiro atoms. The number of nitrogens with zero attached hydrogens (tertiary/aromatic N) is 4. The molecule has 0 aliphatic carbocycles. The first-order chi connectivity index (χ1) is 9.69. The van der Waals surface area contributed by atoms with Crippen LogP contribution in [0.4, 0.5) is 5.82 Å². The number of fused-ring (bicyclic) bond motifs is 1. The van der Waals surface area contributed by atoms with Gasteiger partial charge in [-0.2, -0.15) is 10.2 Å². The molecule has 6 heteroatoms. The quantitative estimate of drug-likeness (QED) is 0.764. The third-order valence-corrected chi connectivity index (χ3v) is 2.97. The van der Waals surface area contributed by atoms with Crippen LogP contribution in [0.5, 0.6) is 5.75 Å². The molecule has 3 rings (SSSR count). The first-order valence-corrected chi connectivity index (χ1v) is 6.09. The van der Waals surface area contributed by atoms with E-state index < -0.39 is 0 Å². The van der Waals surface area contributed by atoms with E-state index in [4.69, 9.17) is 10.5 Å². The monoisotopic (exact) mass is 267 g/mol. The Morgan fingerprint density at radius 3 is 2.60 bits per heavy atom. The summed E-state index contributed by atoms with van der Waals surface area (Å²) in [6, 6.07) is 7.53. The molecule has 6 nitrogen and oxygen atoms in total. The number of anilines is 1. The number of nitrogen functional groups attached to an aromatic ring is 1. The summed E-state index contributed by atoms with van der Waals surface area (Å²) < 4.78 is 5.30. The standard InChI is InChI=1S/C14H13N5O/c1-8-3-5-10(19-18-8)9-4-6-11(20-2)14-13(9)16-7-12(15)17-14/h3-7H,1-2H3,(H2,15,17). The summed E-state index contributed by atoms with van der Waals surface area (Å²) >= 11 is 0. The van der Waals surface area contributed by atoms with E-state index in [1.807, 2.05) is 31.2 Å². The molecular formula is C14H13N5O. The smallest absolute Gasteiger partial charge is 0.146 e. The van der Waals surface area contributed by atoms with E-state index in [-0.39, 0.29) is 0 Å². The van der Waals surface area contributed by atoms with E-state index in [2.05, 4.69) is 20.2 Å². The van der Waals surface area contributed by atoms with Gasteiger partial charge in [0.05, 0.1) is 24.7 Å². The number of hydrogen-bond donors (Lipinski definition) is 1. The third kappa shape index (κ3) is 2.01. The second kappa shape index (κ2) is 4.73. The molecule has 0 saturated carbocycles. The Hall–Kier alpha value is -2.76. The Labute approximate surface area is 115 Å². The van der Waals surface area contributed by atoms with Crippen LogP contribution < -0.4 is 10.5 Å². The van der Waals surface area contributed by atoms with E-state index in [0.717, 1.165) is 17.0 Å². The van der Waals surface area contributed by atoms with Crippen LogP contribution in [0.2, 0.25) is 0 Å². The van der Waals surface area contributed by atoms with Crippen LogP contribution in [-0.2, 0) is 0 Å². The van der Waals surface area contributed by atoms with Crippen molar-refractivity contribution in [3.05, 3.63) is 36.2 Å². The van der Waals surface area contributed by atoms with Crippen molar-refractivity contribution in [2.24, 2.45) is 0 Å². The second-order valence-corrected chi connectivity index (χ2v) is 4.37. The van der Waals surface area contributed by atoms with Gasteiger partial charge in [0.2, 0.25) is 0 Å². The molecule has 20 heavy (non-hydrogen) atoms. The fourth-order valence-electron chi connectivity index (χ4n) is 2.00. The van der Waals surface area contributed by atoms with Crippen molar-refractivity contribution in [2.75, 3.05) is 12.8 Å². The van der Waals surface area contributed by atoms with Crippen LogP contribution in [-0.4, -0.2) is 27.3 Å². The molecule has 2 aromatic heterocycles. The maximum atomic E-state index is 5.70. The summed E-state index contributed by atoms with van der Waals surface area (Å²) in [5.41, 5.74) is 9.46. The minimum Gasteiger partial charge on any atom is -0.494 e. The van der Waals surface area contributed by atoms with Crippen LogP contribution in [0.1, 0.15) is 5.69 Å². The van der Waals surface area contributed by atoms with Gasteiger partial charge in [-0.1, -0.05) is 0 Å². The van der Waals surface area contributed by atoms with Gasteiger partial charge >= 0.3 is 0 Å². The number of aryl methyl sites for hydroxylation is 1. The maximum absolute atomic E-state index is 5.70. The topological polar surface area (TPSA) is 86.8 Å². The molecule has 3 aromatic rings. The van der Waals surface area contributed by atoms with Crippen molar-refractivity contribution in [3.8, 4) is 17.0 Å². The lowest BCUT2D eigenvalue weighted by Gasteiger charge is -2.09. The first kappa shape index (κ1) is 12.3. The summed E-state index contributed by atoms with van der Waals surface area (Å²) in [6.07, 6.45) is 1.52. The second-order valence-electron chi connectivity index (χ2n) is 4.37. The molecule has 0 bridgehead atoms. The molecule has 0 aliphatic heterocycles. The minimum absolute atomic E-state index is 0.350. The van der Waals surface area contributed by atoms with E-state index in [1.165, 1.54) is 6.20 Å². The van der Waals surface area contributed by atoms with Crippen molar-refractivity contribution in [1.29, 1.82) is 0 Å². The number of nitrogens with two attached hydrogens (primary N) is 1. The number of hydrogen-bond acceptors (Lipinski definition) is 6. The fraction of sp³-hybridized carbons (Fsp3) is 0.143. The summed E-state index contributed by atoms with van der Waals surface area (Å²) in [5, 5.41) is 8.26. The highest BCUT2D eigenvalue weighted by molar-refractivity contribution is 5.94. The number of rotatable bonds is 2. The van der Waals surface area contributed by atoms with Crippen molar-refractivity contribution in [2.45, 2.75) is 6.92 Å². The zero-order chi connectivity index (χ0) is 14.1. The lowest BCUT2D eigenvalue weighted by molar-refractivity contribution is 0.419. The highest BCUT2D eigenvalue weighted by atomic mass is 16.5. The van der Waals surface area contributed by atoms with Crippen LogP contribution in [0.3, 0.4) is 0 Å². The zero-order valence-corrected chi connectivity index (χ0v) is 11.2. The van der Waals surface area contributed by atoms with Gasteiger partial charge in [-0.3, -0.25) is 0 Å². The van der Waals surface area contributed by atoms with Crippen LogP contribution in [0, 0.1) is 6.92 Å². The predicted molar refractivity (Wildman–Crippen MR) is 76.3 cm³/mol. The molecule has 0 unspecified atom stereocenters. The van der Waals surface area contributed by atoms with Gasteiger partial charge in [0.15, 0.2) is 0 Å². The summed E-state index contributed by atoms with van der Waals surface area (Å²) in [4.78, 5) is 8.65. The molecule has 2 heterocycles. The SMILES string of the molecule is COc1ccc(-c2ccc(C)nn2)c2ncc(N)nc12. The summed E-state index contributed by atoms with van der Waals surface area (Å²) in [5.74, 6) is 0.978. The molecule has 2 N–H and O–H groups in total. The van der Waals surface area contributed by atoms with Gasteiger partial charge in [-0.25, -0.2) is 9.97 Å². The first-order valence-electron chi connectivity index (χ1n) is 6.09. The average molecular weight is 267 g/mol. The number of benzene rings is 1. The Kier molecular flexibility index (Phi) is 2.90. The molecule has 100 valence electrons. The molecule has 0 fully saturated rings. The molecule has 0 radical (unpaired) electrons. The molecule has 0 saturated heterocycles. The largest absolute Gasteiger partial charge is 0.494 e. The molecular weight excluding hydrogens is 254 g/mol. The van der Waals surface area contributed by atoms with Crippen LogP contribution >= 0.6 is 0 Å². The normalized spacial score (nSPS) is 10.7. The Bertz CT molecular complexity index is 770. The summed E-state index contributed by atoms with van der Waals surface area (Å²) in [6.45, 7) is 1.89. The minimum atomic E-state index is 0.350. The van der Waals surface area contributed by atoms with Crippen molar-refractivity contribution < 1.29 is 4.74 Å². The molecule has 0 aliphatic rings. The summed E-state index contributed by atoms with van der Waals surface area (Å²) in [7, 11) is 1.59. The third-order valence-electron chi connectivity index (χ3n) is 2.97. The van der Waals surface area contributed by atoms with Crippen LogP contribution in [0.25, 0.3) is 22.3 Å². The lowest BCUT2D eigenvalue weighted by Crippen LogP contribution is -1.98. The van der Waals surface area contributed by atoms with Gasteiger partial charge in [-0.15, -0.1) is 0 Å². The van der Waals surface area contributed by atoms with Crippen molar-refractivity contribution in [3.63, 3.8) is 0 Å². The van der Waals surface area contributed by atoms with E-state index in [9.17, 15) is 0 Å². The Morgan fingerprint density at radius 2 is 1.90 bits per heavy atom. The predicted octanol–water partition coefficient (Wildman–Crippen LogP) is 1.99. The van der Waals surface area contributed by atoms with E-state index >= 15 is 0 Å². The average Bonchev–Trinajstić information content (AvgIpc) is 2.47. The highest BCUT2D eigenvalue weighted by Crippen LogP contribution is 2.31. The van der Waals surface area contributed by atoms with Gasteiger partial charge in [0.25, 0.3) is 0 Å². The van der Waals surface area contributed by atoms with Gasteiger partial charge in [0.1, 0.15) is 22.6 Å². The highest BCUT2D eigenvalue weighted by Gasteiger charge is 2.12. The number of methoxy groups -OCH3 is 1. The number of ether oxygens (including phenoxy) is 1. The molecule has 1 aromatic carbocycles. The molecule has 0 amide bonds. The van der Waals surface area contributed by atoms with Gasteiger partial charge in [-0.05, 0) is 31.2 Å². The molecule has 0 atom stereocenters. The van der Waals surface area contributed by atoms with Crippen molar-refractivity contribution >= 4 is 16.9 Å². The zero-order valence-electron chi connectivity index (χ0n) is 11.2. The Balaban J connectivity index is 2.29. The fourth-order valence-corrected chi connectivity index (χ4v) is 2.00. The van der Waals surface area contributed by atoms with E-state index in [1.54, 1.807) is 7.11 Å². The lowest BCUT2D eigenvalue weighted by atomic mass is 10.1. The van der Waals surface area contributed by atoms with Crippen molar-refractivity contribution in [1.82, 2.24) is 20.2 Å².